The molecule has 0 heterocycles. The lowest BCUT2D eigenvalue weighted by Gasteiger charge is -2.19. The summed E-state index contributed by atoms with van der Waals surface area (Å²) in [5.74, 6) is -0.504. The van der Waals surface area contributed by atoms with Crippen LogP contribution >= 0.6 is 11.6 Å². The Balaban J connectivity index is 3.32. The van der Waals surface area contributed by atoms with Gasteiger partial charge in [0.15, 0.2) is 17.8 Å². The number of phenolic OH excluding ortho intramolecular Hbond substituents is 1. The average Bonchev–Trinajstić information content (AvgIpc) is 2.36. The van der Waals surface area contributed by atoms with Crippen LogP contribution in [0.2, 0.25) is 0 Å². The summed E-state index contributed by atoms with van der Waals surface area (Å²) in [7, 11) is 1.34. The van der Waals surface area contributed by atoms with Crippen molar-refractivity contribution in [2.24, 2.45) is 0 Å². The first kappa shape index (κ1) is 13.8. The van der Waals surface area contributed by atoms with Crippen molar-refractivity contribution in [1.29, 1.82) is 0 Å². The summed E-state index contributed by atoms with van der Waals surface area (Å²) in [5, 5.41) is 29.0. The topological polar surface area (TPSA) is 87.0 Å². The highest BCUT2D eigenvalue weighted by Gasteiger charge is 2.25. The number of aromatic hydroxyl groups is 1. The second-order valence-electron chi connectivity index (χ2n) is 3.40. The molecule has 5 nitrogen and oxygen atoms in total. The van der Waals surface area contributed by atoms with Crippen LogP contribution in [0.15, 0.2) is 12.1 Å². The normalized spacial score (nSPS) is 14.1. The van der Waals surface area contributed by atoms with Gasteiger partial charge in [0.1, 0.15) is 6.10 Å². The van der Waals surface area contributed by atoms with Gasteiger partial charge in [-0.05, 0) is 12.1 Å². The first-order chi connectivity index (χ1) is 8.06. The molecule has 0 saturated heterocycles. The number of hydrogen-bond donors (Lipinski definition) is 3. The van der Waals surface area contributed by atoms with Crippen molar-refractivity contribution >= 4 is 17.9 Å². The molecule has 1 aromatic carbocycles. The van der Waals surface area contributed by atoms with Crippen molar-refractivity contribution in [1.82, 2.24) is 0 Å². The molecule has 0 radical (unpaired) electrons. The van der Waals surface area contributed by atoms with Gasteiger partial charge in [-0.3, -0.25) is 4.79 Å². The Labute approximate surface area is 103 Å². The maximum Gasteiger partial charge on any atom is 0.164 e. The number of benzene rings is 1. The number of aldehydes is 1. The molecule has 2 unspecified atom stereocenters. The van der Waals surface area contributed by atoms with Gasteiger partial charge in [-0.25, -0.2) is 0 Å². The van der Waals surface area contributed by atoms with Crippen LogP contribution < -0.4 is 4.74 Å². The standard InChI is InChI=1S/C11H13ClO5/c1-17-8-3-2-6(5-13)9(11(8)16)10(15)7(14)4-12/h2-3,5,7,10,14-16H,4H2,1H3. The van der Waals surface area contributed by atoms with Gasteiger partial charge < -0.3 is 20.1 Å². The Morgan fingerprint density at radius 3 is 2.59 bits per heavy atom. The van der Waals surface area contributed by atoms with Crippen molar-refractivity contribution < 1.29 is 24.9 Å². The molecule has 2 atom stereocenters. The van der Waals surface area contributed by atoms with Crippen LogP contribution in [0, 0.1) is 0 Å². The lowest BCUT2D eigenvalue weighted by Crippen LogP contribution is -2.21. The smallest absolute Gasteiger partial charge is 0.164 e. The molecule has 0 aliphatic rings. The third-order valence-corrected chi connectivity index (χ3v) is 2.70. The fourth-order valence-corrected chi connectivity index (χ4v) is 1.63. The summed E-state index contributed by atoms with van der Waals surface area (Å²) >= 11 is 5.41. The lowest BCUT2D eigenvalue weighted by atomic mass is 9.98. The number of halogens is 1. The van der Waals surface area contributed by atoms with E-state index in [9.17, 15) is 20.1 Å². The van der Waals surface area contributed by atoms with E-state index in [1.807, 2.05) is 0 Å². The number of hydrogen-bond acceptors (Lipinski definition) is 5. The predicted molar refractivity (Wildman–Crippen MR) is 61.7 cm³/mol. The fourth-order valence-electron chi connectivity index (χ4n) is 1.46. The number of carbonyl (C=O) groups excluding carboxylic acids is 1. The molecule has 0 aliphatic carbocycles. The van der Waals surface area contributed by atoms with E-state index in [-0.39, 0.29) is 28.5 Å². The lowest BCUT2D eigenvalue weighted by molar-refractivity contribution is 0.0306. The zero-order chi connectivity index (χ0) is 13.0. The Morgan fingerprint density at radius 2 is 2.12 bits per heavy atom. The molecular weight excluding hydrogens is 248 g/mol. The van der Waals surface area contributed by atoms with Gasteiger partial charge in [-0.15, -0.1) is 11.6 Å². The Bertz CT molecular complexity index is 407. The molecule has 0 spiro atoms. The highest BCUT2D eigenvalue weighted by molar-refractivity contribution is 6.18. The Kier molecular flexibility index (Phi) is 4.74. The first-order valence-corrected chi connectivity index (χ1v) is 5.37. The highest BCUT2D eigenvalue weighted by atomic mass is 35.5. The molecule has 94 valence electrons. The fraction of sp³-hybridized carbons (Fsp3) is 0.364. The van der Waals surface area contributed by atoms with Gasteiger partial charge in [0.2, 0.25) is 0 Å². The third kappa shape index (κ3) is 2.69. The minimum atomic E-state index is -1.46. The monoisotopic (exact) mass is 260 g/mol. The van der Waals surface area contributed by atoms with E-state index < -0.39 is 12.2 Å². The summed E-state index contributed by atoms with van der Waals surface area (Å²) in [4.78, 5) is 10.8. The van der Waals surface area contributed by atoms with Gasteiger partial charge in [-0.1, -0.05) is 0 Å². The minimum Gasteiger partial charge on any atom is -0.504 e. The van der Waals surface area contributed by atoms with E-state index >= 15 is 0 Å². The second-order valence-corrected chi connectivity index (χ2v) is 3.71. The van der Waals surface area contributed by atoms with Gasteiger partial charge in [0.25, 0.3) is 0 Å². The summed E-state index contributed by atoms with van der Waals surface area (Å²) in [6.45, 7) is 0. The van der Waals surface area contributed by atoms with Gasteiger partial charge in [0, 0.05) is 11.1 Å². The summed E-state index contributed by atoms with van der Waals surface area (Å²) in [6, 6.07) is 2.77. The summed E-state index contributed by atoms with van der Waals surface area (Å²) < 4.78 is 4.86. The predicted octanol–water partition coefficient (Wildman–Crippen LogP) is 0.846. The van der Waals surface area contributed by atoms with Crippen LogP contribution in [0.25, 0.3) is 0 Å². The van der Waals surface area contributed by atoms with Crippen LogP contribution in [-0.4, -0.2) is 40.7 Å². The number of carbonyl (C=O) groups is 1. The summed E-state index contributed by atoms with van der Waals surface area (Å²) in [6.07, 6.45) is -2.27. The molecule has 0 bridgehead atoms. The number of phenols is 1. The molecule has 0 amide bonds. The maximum atomic E-state index is 10.8. The highest BCUT2D eigenvalue weighted by Crippen LogP contribution is 2.37. The maximum absolute atomic E-state index is 10.8. The van der Waals surface area contributed by atoms with E-state index in [4.69, 9.17) is 16.3 Å². The van der Waals surface area contributed by atoms with Crippen molar-refractivity contribution in [3.8, 4) is 11.5 Å². The second kappa shape index (κ2) is 5.86. The average molecular weight is 261 g/mol. The zero-order valence-corrected chi connectivity index (χ0v) is 9.89. The SMILES string of the molecule is COc1ccc(C=O)c(C(O)C(O)CCl)c1O. The van der Waals surface area contributed by atoms with Gasteiger partial charge in [-0.2, -0.15) is 0 Å². The van der Waals surface area contributed by atoms with E-state index in [0.29, 0.717) is 6.29 Å². The zero-order valence-electron chi connectivity index (χ0n) is 9.13. The number of rotatable bonds is 5. The quantitative estimate of drug-likeness (QED) is 0.540. The van der Waals surface area contributed by atoms with E-state index in [1.54, 1.807) is 0 Å². The molecule has 1 rings (SSSR count). The molecular formula is C11H13ClO5. The van der Waals surface area contributed by atoms with Crippen LogP contribution in [0.1, 0.15) is 22.0 Å². The number of aliphatic hydroxyl groups excluding tert-OH is 2. The molecule has 3 N–H and O–H groups in total. The molecule has 0 aromatic heterocycles. The third-order valence-electron chi connectivity index (χ3n) is 2.38. The minimum absolute atomic E-state index is 0.0694. The number of aliphatic hydroxyl groups is 2. The van der Waals surface area contributed by atoms with E-state index in [0.717, 1.165) is 0 Å². The van der Waals surface area contributed by atoms with Gasteiger partial charge >= 0.3 is 0 Å². The van der Waals surface area contributed by atoms with Crippen LogP contribution in [-0.2, 0) is 0 Å². The van der Waals surface area contributed by atoms with E-state index in [2.05, 4.69) is 0 Å². The number of methoxy groups -OCH3 is 1. The van der Waals surface area contributed by atoms with Gasteiger partial charge in [0.05, 0.1) is 19.1 Å². The molecule has 17 heavy (non-hydrogen) atoms. The van der Waals surface area contributed by atoms with Crippen molar-refractivity contribution in [2.75, 3.05) is 13.0 Å². The van der Waals surface area contributed by atoms with Crippen LogP contribution in [0.5, 0.6) is 11.5 Å². The molecule has 1 aromatic rings. The van der Waals surface area contributed by atoms with Crippen molar-refractivity contribution in [3.63, 3.8) is 0 Å². The molecule has 0 saturated carbocycles. The number of ether oxygens (including phenoxy) is 1. The largest absolute Gasteiger partial charge is 0.504 e. The molecule has 0 aliphatic heterocycles. The Morgan fingerprint density at radius 1 is 1.47 bits per heavy atom. The van der Waals surface area contributed by atoms with Crippen molar-refractivity contribution in [2.45, 2.75) is 12.2 Å². The number of alkyl halides is 1. The van der Waals surface area contributed by atoms with Crippen LogP contribution in [0.3, 0.4) is 0 Å². The van der Waals surface area contributed by atoms with Crippen LogP contribution in [0.4, 0.5) is 0 Å². The molecule has 0 fully saturated rings. The summed E-state index contributed by atoms with van der Waals surface area (Å²) in [5.41, 5.74) is -0.0209. The van der Waals surface area contributed by atoms with Crippen molar-refractivity contribution in [3.05, 3.63) is 23.3 Å². The van der Waals surface area contributed by atoms with E-state index in [1.165, 1.54) is 19.2 Å². The first-order valence-electron chi connectivity index (χ1n) is 4.83. The molecule has 6 heteroatoms. The Hall–Kier alpha value is -1.30.